The van der Waals surface area contributed by atoms with Gasteiger partial charge in [0.2, 0.25) is 0 Å². The normalized spacial score (nSPS) is 14.8. The van der Waals surface area contributed by atoms with Crippen molar-refractivity contribution in [2.75, 3.05) is 7.05 Å². The molecule has 1 aliphatic heterocycles. The standard InChI is InChI=1S/C23H23N5O4/c1-13-9-19(27-32-13)23(2,3)8-7-14-5-6-17-15(10-14)21-26-16(20(24)29)11-28(21)12-18(31-17)22(30)25-4/h5-6,9-11,18H,12H2,1-4H3,(H2,24,29)(H,25,30). The summed E-state index contributed by atoms with van der Waals surface area (Å²) >= 11 is 0. The molecule has 0 saturated carbocycles. The lowest BCUT2D eigenvalue weighted by molar-refractivity contribution is -0.127. The molecule has 164 valence electrons. The lowest BCUT2D eigenvalue weighted by Gasteiger charge is -2.16. The smallest absolute Gasteiger partial charge is 0.268 e. The molecule has 2 aromatic heterocycles. The van der Waals surface area contributed by atoms with E-state index in [0.29, 0.717) is 22.7 Å². The van der Waals surface area contributed by atoms with Crippen molar-refractivity contribution in [3.8, 4) is 29.0 Å². The highest BCUT2D eigenvalue weighted by atomic mass is 16.5. The Kier molecular flexibility index (Phi) is 5.22. The summed E-state index contributed by atoms with van der Waals surface area (Å²) in [6.07, 6.45) is 0.738. The Bertz CT molecular complexity index is 1280. The largest absolute Gasteiger partial charge is 0.478 e. The Morgan fingerprint density at radius 1 is 1.31 bits per heavy atom. The molecule has 9 nitrogen and oxygen atoms in total. The minimum Gasteiger partial charge on any atom is -0.478 e. The highest BCUT2D eigenvalue weighted by molar-refractivity contribution is 5.91. The van der Waals surface area contributed by atoms with E-state index >= 15 is 0 Å². The Morgan fingerprint density at radius 3 is 2.75 bits per heavy atom. The van der Waals surface area contributed by atoms with Crippen molar-refractivity contribution in [2.24, 2.45) is 5.73 Å². The third kappa shape index (κ3) is 3.95. The first-order valence-electron chi connectivity index (χ1n) is 10.0. The van der Waals surface area contributed by atoms with Crippen molar-refractivity contribution in [1.29, 1.82) is 0 Å². The molecule has 0 radical (unpaired) electrons. The summed E-state index contributed by atoms with van der Waals surface area (Å²) in [5.41, 5.74) is 7.09. The number of nitrogens with two attached hydrogens (primary N) is 1. The zero-order valence-electron chi connectivity index (χ0n) is 18.2. The van der Waals surface area contributed by atoms with Crippen molar-refractivity contribution in [3.63, 3.8) is 0 Å². The minimum absolute atomic E-state index is 0.113. The number of likely N-dealkylation sites (N-methyl/N-ethyl adjacent to an activating group) is 1. The number of amides is 2. The van der Waals surface area contributed by atoms with E-state index in [-0.39, 0.29) is 18.1 Å². The van der Waals surface area contributed by atoms with Gasteiger partial charge in [0.05, 0.1) is 17.5 Å². The van der Waals surface area contributed by atoms with Crippen LogP contribution in [0.2, 0.25) is 0 Å². The number of benzene rings is 1. The van der Waals surface area contributed by atoms with Crippen LogP contribution in [0.3, 0.4) is 0 Å². The number of carbonyl (C=O) groups excluding carboxylic acids is 2. The number of carbonyl (C=O) groups is 2. The first-order chi connectivity index (χ1) is 15.2. The zero-order chi connectivity index (χ0) is 23.0. The molecule has 0 saturated heterocycles. The van der Waals surface area contributed by atoms with E-state index in [9.17, 15) is 9.59 Å². The van der Waals surface area contributed by atoms with Crippen LogP contribution in [0.25, 0.3) is 11.4 Å². The lowest BCUT2D eigenvalue weighted by Crippen LogP contribution is -2.38. The van der Waals surface area contributed by atoms with Crippen LogP contribution in [0.5, 0.6) is 5.75 Å². The van der Waals surface area contributed by atoms with Crippen LogP contribution in [0, 0.1) is 18.8 Å². The molecule has 4 rings (SSSR count). The number of nitrogens with zero attached hydrogens (tertiary/aromatic N) is 3. The van der Waals surface area contributed by atoms with E-state index in [0.717, 1.165) is 11.5 Å². The first kappa shape index (κ1) is 21.2. The molecule has 1 aromatic carbocycles. The second-order valence-electron chi connectivity index (χ2n) is 8.10. The fourth-order valence-electron chi connectivity index (χ4n) is 3.39. The van der Waals surface area contributed by atoms with Gasteiger partial charge in [-0.1, -0.05) is 17.0 Å². The number of aromatic nitrogens is 3. The summed E-state index contributed by atoms with van der Waals surface area (Å²) in [6.45, 7) is 5.94. The third-order valence-corrected chi connectivity index (χ3v) is 5.21. The maximum atomic E-state index is 12.3. The molecule has 1 atom stereocenters. The molecule has 3 heterocycles. The molecule has 1 aliphatic rings. The van der Waals surface area contributed by atoms with E-state index < -0.39 is 17.4 Å². The predicted molar refractivity (Wildman–Crippen MR) is 116 cm³/mol. The van der Waals surface area contributed by atoms with Gasteiger partial charge < -0.3 is 24.9 Å². The molecule has 2 amide bonds. The van der Waals surface area contributed by atoms with Gasteiger partial charge in [0.1, 0.15) is 28.7 Å². The monoisotopic (exact) mass is 433 g/mol. The number of aryl methyl sites for hydroxylation is 1. The van der Waals surface area contributed by atoms with Crippen LogP contribution >= 0.6 is 0 Å². The number of nitrogens with one attached hydrogen (secondary N) is 1. The van der Waals surface area contributed by atoms with Gasteiger partial charge in [0.25, 0.3) is 11.8 Å². The van der Waals surface area contributed by atoms with Crippen LogP contribution in [-0.4, -0.2) is 39.7 Å². The average molecular weight is 433 g/mol. The van der Waals surface area contributed by atoms with E-state index in [4.69, 9.17) is 15.0 Å². The van der Waals surface area contributed by atoms with Crippen LogP contribution in [0.1, 0.15) is 41.4 Å². The van der Waals surface area contributed by atoms with Crippen LogP contribution in [0.15, 0.2) is 35.0 Å². The number of imidazole rings is 1. The number of rotatable bonds is 3. The summed E-state index contributed by atoms with van der Waals surface area (Å²) in [4.78, 5) is 28.4. The van der Waals surface area contributed by atoms with Crippen molar-refractivity contribution < 1.29 is 18.8 Å². The predicted octanol–water partition coefficient (Wildman–Crippen LogP) is 1.78. The summed E-state index contributed by atoms with van der Waals surface area (Å²) in [6, 6.07) is 7.24. The SMILES string of the molecule is CNC(=O)C1Cn2cc(C(N)=O)nc2-c2cc(C#CC(C)(C)c3cc(C)on3)ccc2O1. The van der Waals surface area contributed by atoms with E-state index in [1.54, 1.807) is 10.6 Å². The van der Waals surface area contributed by atoms with Crippen LogP contribution in [0.4, 0.5) is 0 Å². The maximum absolute atomic E-state index is 12.3. The van der Waals surface area contributed by atoms with Gasteiger partial charge in [0, 0.05) is 24.9 Å². The molecular formula is C23H23N5O4. The summed E-state index contributed by atoms with van der Waals surface area (Å²) in [5, 5.41) is 6.67. The molecule has 0 bridgehead atoms. The van der Waals surface area contributed by atoms with Crippen molar-refractivity contribution in [2.45, 2.75) is 38.8 Å². The Labute approximate surface area is 184 Å². The number of hydrogen-bond acceptors (Lipinski definition) is 6. The maximum Gasteiger partial charge on any atom is 0.268 e. The summed E-state index contributed by atoms with van der Waals surface area (Å²) in [7, 11) is 1.54. The molecule has 1 unspecified atom stereocenters. The highest BCUT2D eigenvalue weighted by Gasteiger charge is 2.29. The number of primary amides is 1. The Balaban J connectivity index is 1.77. The molecule has 3 aromatic rings. The molecule has 0 aliphatic carbocycles. The lowest BCUT2D eigenvalue weighted by atomic mass is 9.89. The second-order valence-corrected chi connectivity index (χ2v) is 8.10. The molecule has 9 heteroatoms. The van der Waals surface area contributed by atoms with Gasteiger partial charge >= 0.3 is 0 Å². The van der Waals surface area contributed by atoms with Gasteiger partial charge in [-0.25, -0.2) is 4.98 Å². The van der Waals surface area contributed by atoms with Gasteiger partial charge in [0.15, 0.2) is 6.10 Å². The first-order valence-corrected chi connectivity index (χ1v) is 10.0. The third-order valence-electron chi connectivity index (χ3n) is 5.21. The highest BCUT2D eigenvalue weighted by Crippen LogP contribution is 2.34. The average Bonchev–Trinajstić information content (AvgIpc) is 3.35. The zero-order valence-corrected chi connectivity index (χ0v) is 18.2. The summed E-state index contributed by atoms with van der Waals surface area (Å²) in [5.74, 6) is 7.14. The topological polar surface area (TPSA) is 125 Å². The van der Waals surface area contributed by atoms with E-state index in [1.807, 2.05) is 39.0 Å². The molecular weight excluding hydrogens is 410 g/mol. The minimum atomic E-state index is -0.791. The second kappa shape index (κ2) is 7.89. The van der Waals surface area contributed by atoms with E-state index in [2.05, 4.69) is 27.3 Å². The van der Waals surface area contributed by atoms with Crippen molar-refractivity contribution >= 4 is 11.8 Å². The number of hydrogen-bond donors (Lipinski definition) is 2. The van der Waals surface area contributed by atoms with Gasteiger partial charge in [-0.3, -0.25) is 9.59 Å². The summed E-state index contributed by atoms with van der Waals surface area (Å²) < 4.78 is 12.8. The van der Waals surface area contributed by atoms with Crippen molar-refractivity contribution in [1.82, 2.24) is 20.0 Å². The molecule has 3 N–H and O–H groups in total. The Morgan fingerprint density at radius 2 is 2.09 bits per heavy atom. The fourth-order valence-corrected chi connectivity index (χ4v) is 3.39. The van der Waals surface area contributed by atoms with Crippen LogP contribution < -0.4 is 15.8 Å². The van der Waals surface area contributed by atoms with Gasteiger partial charge in [-0.05, 0) is 39.0 Å². The fraction of sp³-hybridized carbons (Fsp3) is 0.304. The quantitative estimate of drug-likeness (QED) is 0.607. The molecule has 32 heavy (non-hydrogen) atoms. The molecule has 0 fully saturated rings. The van der Waals surface area contributed by atoms with Crippen molar-refractivity contribution in [3.05, 3.63) is 53.2 Å². The van der Waals surface area contributed by atoms with Gasteiger partial charge in [-0.15, -0.1) is 0 Å². The van der Waals surface area contributed by atoms with E-state index in [1.165, 1.54) is 13.2 Å². The van der Waals surface area contributed by atoms with Gasteiger partial charge in [-0.2, -0.15) is 0 Å². The number of fused-ring (bicyclic) bond motifs is 3. The Hall–Kier alpha value is -4.06. The van der Waals surface area contributed by atoms with Crippen LogP contribution in [-0.2, 0) is 16.8 Å². The number of ether oxygens (including phenoxy) is 1. The molecule has 0 spiro atoms.